The number of ether oxygens (including phenoxy) is 1. The maximum Gasteiger partial charge on any atom is 0.323 e. The number of halogens is 1. The smallest absolute Gasteiger partial charge is 0.323 e. The van der Waals surface area contributed by atoms with Crippen LogP contribution >= 0.6 is 0 Å². The normalized spacial score (nSPS) is 14.1. The number of amides is 3. The van der Waals surface area contributed by atoms with Crippen molar-refractivity contribution in [2.24, 2.45) is 0 Å². The van der Waals surface area contributed by atoms with Gasteiger partial charge in [0.1, 0.15) is 5.82 Å². The summed E-state index contributed by atoms with van der Waals surface area (Å²) in [5, 5.41) is 15.3. The molecule has 0 saturated carbocycles. The lowest BCUT2D eigenvalue weighted by atomic mass is 10.1. The second-order valence-corrected chi connectivity index (χ2v) is 10.4. The van der Waals surface area contributed by atoms with Gasteiger partial charge in [-0.1, -0.05) is 18.6 Å². The van der Waals surface area contributed by atoms with E-state index < -0.39 is 6.03 Å². The van der Waals surface area contributed by atoms with Gasteiger partial charge in [0.2, 0.25) is 0 Å². The molecule has 0 bridgehead atoms. The summed E-state index contributed by atoms with van der Waals surface area (Å²) in [5.41, 5.74) is 4.02. The van der Waals surface area contributed by atoms with E-state index in [4.69, 9.17) is 4.74 Å². The van der Waals surface area contributed by atoms with Gasteiger partial charge < -0.3 is 36.2 Å². The van der Waals surface area contributed by atoms with Crippen LogP contribution in [0.5, 0.6) is 0 Å². The summed E-state index contributed by atoms with van der Waals surface area (Å²) in [6.45, 7) is 6.62. The fourth-order valence-corrected chi connectivity index (χ4v) is 4.92. The van der Waals surface area contributed by atoms with Gasteiger partial charge in [-0.15, -0.1) is 0 Å². The number of piperidine rings is 1. The molecule has 1 fully saturated rings. The van der Waals surface area contributed by atoms with Crippen LogP contribution in [-0.2, 0) is 4.74 Å². The first-order chi connectivity index (χ1) is 20.4. The summed E-state index contributed by atoms with van der Waals surface area (Å²) in [5.74, 6) is -0.532. The van der Waals surface area contributed by atoms with Crippen LogP contribution in [0.15, 0.2) is 66.7 Å². The van der Waals surface area contributed by atoms with Gasteiger partial charge in [-0.25, -0.2) is 9.18 Å². The first kappa shape index (κ1) is 30.8. The molecule has 3 aromatic rings. The Morgan fingerprint density at radius 1 is 0.905 bits per heavy atom. The van der Waals surface area contributed by atoms with Crippen LogP contribution < -0.4 is 26.6 Å². The zero-order chi connectivity index (χ0) is 29.7. The van der Waals surface area contributed by atoms with E-state index in [0.717, 1.165) is 37.4 Å². The van der Waals surface area contributed by atoms with Gasteiger partial charge >= 0.3 is 6.03 Å². The monoisotopic (exact) mass is 576 g/mol. The highest BCUT2D eigenvalue weighted by molar-refractivity contribution is 6.03. The largest absolute Gasteiger partial charge is 0.383 e. The van der Waals surface area contributed by atoms with Crippen LogP contribution in [0.2, 0.25) is 0 Å². The van der Waals surface area contributed by atoms with Gasteiger partial charge in [-0.3, -0.25) is 4.79 Å². The molecule has 1 aliphatic heterocycles. The summed E-state index contributed by atoms with van der Waals surface area (Å²) in [7, 11) is 1.58. The number of methoxy groups -OCH3 is 1. The average Bonchev–Trinajstić information content (AvgIpc) is 2.99. The van der Waals surface area contributed by atoms with Gasteiger partial charge in [0.15, 0.2) is 0 Å². The van der Waals surface area contributed by atoms with E-state index in [-0.39, 0.29) is 17.8 Å². The van der Waals surface area contributed by atoms with Crippen LogP contribution in [0.25, 0.3) is 0 Å². The van der Waals surface area contributed by atoms with Crippen molar-refractivity contribution in [3.05, 3.63) is 83.7 Å². The lowest BCUT2D eigenvalue weighted by Gasteiger charge is -2.26. The molecule has 3 amide bonds. The Hall–Kier alpha value is -4.15. The van der Waals surface area contributed by atoms with E-state index in [1.54, 1.807) is 37.4 Å². The Kier molecular flexibility index (Phi) is 11.5. The Morgan fingerprint density at radius 3 is 2.36 bits per heavy atom. The molecular formula is C32H41FN6O3. The summed E-state index contributed by atoms with van der Waals surface area (Å²) >= 11 is 0. The number of carbonyl (C=O) groups excluding carboxylic acids is 2. The molecule has 4 rings (SSSR count). The minimum atomic E-state index is -0.428. The fourth-order valence-electron chi connectivity index (χ4n) is 4.92. The predicted octanol–water partition coefficient (Wildman–Crippen LogP) is 5.92. The third-order valence-electron chi connectivity index (χ3n) is 7.18. The molecule has 1 unspecified atom stereocenters. The summed E-state index contributed by atoms with van der Waals surface area (Å²) < 4.78 is 18.3. The number of urea groups is 1. The predicted molar refractivity (Wildman–Crippen MR) is 167 cm³/mol. The van der Waals surface area contributed by atoms with E-state index >= 15 is 0 Å². The first-order valence-corrected chi connectivity index (χ1v) is 14.5. The lowest BCUT2D eigenvalue weighted by molar-refractivity contribution is 0.0938. The third kappa shape index (κ3) is 9.46. The second-order valence-electron chi connectivity index (χ2n) is 10.4. The Balaban J connectivity index is 1.38. The molecule has 0 aromatic heterocycles. The summed E-state index contributed by atoms with van der Waals surface area (Å²) in [4.78, 5) is 28.3. The van der Waals surface area contributed by atoms with Gasteiger partial charge in [0.05, 0.1) is 12.2 Å². The van der Waals surface area contributed by atoms with Crippen molar-refractivity contribution in [2.75, 3.05) is 67.7 Å². The molecule has 42 heavy (non-hydrogen) atoms. The molecule has 1 atom stereocenters. The van der Waals surface area contributed by atoms with Crippen LogP contribution in [-0.4, -0.2) is 63.3 Å². The number of carbonyl (C=O) groups is 2. The number of benzene rings is 3. The van der Waals surface area contributed by atoms with Crippen molar-refractivity contribution in [3.63, 3.8) is 0 Å². The molecule has 9 nitrogen and oxygen atoms in total. The summed E-state index contributed by atoms with van der Waals surface area (Å²) in [6, 6.07) is 18.5. The molecule has 10 heteroatoms. The lowest BCUT2D eigenvalue weighted by Crippen LogP contribution is -2.34. The van der Waals surface area contributed by atoms with Crippen LogP contribution in [0.1, 0.15) is 48.1 Å². The van der Waals surface area contributed by atoms with Crippen LogP contribution in [0.3, 0.4) is 0 Å². The van der Waals surface area contributed by atoms with Crippen molar-refractivity contribution >= 4 is 34.7 Å². The van der Waals surface area contributed by atoms with Crippen molar-refractivity contribution in [1.82, 2.24) is 10.2 Å². The number of anilines is 4. The SMILES string of the molecule is COCCNC(=O)c1cc(NC(=O)Nc2cccc(C(C)Nc3ccc(F)cc3)c2)ccc1NCCN1CCCCC1. The highest BCUT2D eigenvalue weighted by Crippen LogP contribution is 2.24. The minimum Gasteiger partial charge on any atom is -0.383 e. The highest BCUT2D eigenvalue weighted by Gasteiger charge is 2.15. The molecule has 1 heterocycles. The van der Waals surface area contributed by atoms with Gasteiger partial charge in [0.25, 0.3) is 5.91 Å². The standard InChI is InChI=1S/C32H41FN6O3/c1-23(36-26-11-9-25(33)10-12-26)24-7-6-8-27(21-24)37-32(41)38-28-13-14-30(29(22-28)31(40)35-16-20-42-2)34-15-19-39-17-4-3-5-18-39/h6-14,21-23,34,36H,3-5,15-20H2,1-2H3,(H,35,40)(H2,37,38,41). The molecule has 5 N–H and O–H groups in total. The van der Waals surface area contributed by atoms with E-state index in [9.17, 15) is 14.0 Å². The molecule has 224 valence electrons. The molecule has 0 radical (unpaired) electrons. The Morgan fingerprint density at radius 2 is 1.62 bits per heavy atom. The van der Waals surface area contributed by atoms with Crippen molar-refractivity contribution < 1.29 is 18.7 Å². The quantitative estimate of drug-likeness (QED) is 0.162. The molecule has 3 aromatic carbocycles. The Labute approximate surface area is 247 Å². The number of nitrogens with one attached hydrogen (secondary N) is 5. The molecule has 1 aliphatic rings. The van der Waals surface area contributed by atoms with E-state index in [0.29, 0.717) is 35.8 Å². The molecule has 0 aliphatic carbocycles. The van der Waals surface area contributed by atoms with Crippen molar-refractivity contribution in [3.8, 4) is 0 Å². The third-order valence-corrected chi connectivity index (χ3v) is 7.18. The van der Waals surface area contributed by atoms with Gasteiger partial charge in [-0.2, -0.15) is 0 Å². The number of hydrogen-bond donors (Lipinski definition) is 5. The first-order valence-electron chi connectivity index (χ1n) is 14.5. The van der Waals surface area contributed by atoms with Crippen LogP contribution in [0.4, 0.5) is 31.9 Å². The van der Waals surface area contributed by atoms with E-state index in [2.05, 4.69) is 31.5 Å². The fraction of sp³-hybridized carbons (Fsp3) is 0.375. The van der Waals surface area contributed by atoms with Crippen molar-refractivity contribution in [1.29, 1.82) is 0 Å². The highest BCUT2D eigenvalue weighted by atomic mass is 19.1. The number of nitrogens with zero attached hydrogens (tertiary/aromatic N) is 1. The second kappa shape index (κ2) is 15.7. The van der Waals surface area contributed by atoms with Gasteiger partial charge in [-0.05, 0) is 93.0 Å². The van der Waals surface area contributed by atoms with Crippen LogP contribution in [0, 0.1) is 5.82 Å². The zero-order valence-corrected chi connectivity index (χ0v) is 24.3. The Bertz CT molecular complexity index is 1310. The number of hydrogen-bond acceptors (Lipinski definition) is 6. The number of rotatable bonds is 13. The molecule has 0 spiro atoms. The van der Waals surface area contributed by atoms with Crippen molar-refractivity contribution in [2.45, 2.75) is 32.2 Å². The van der Waals surface area contributed by atoms with Gasteiger partial charge in [0, 0.05) is 55.5 Å². The number of likely N-dealkylation sites (tertiary alicyclic amines) is 1. The minimum absolute atomic E-state index is 0.0746. The molecule has 1 saturated heterocycles. The average molecular weight is 577 g/mol. The van der Waals surface area contributed by atoms with E-state index in [1.807, 2.05) is 31.2 Å². The zero-order valence-electron chi connectivity index (χ0n) is 24.3. The van der Waals surface area contributed by atoms with E-state index in [1.165, 1.54) is 31.4 Å². The maximum absolute atomic E-state index is 13.2. The summed E-state index contributed by atoms with van der Waals surface area (Å²) in [6.07, 6.45) is 3.74. The topological polar surface area (TPSA) is 107 Å². The molecular weight excluding hydrogens is 535 g/mol. The maximum atomic E-state index is 13.2.